The van der Waals surface area contributed by atoms with Crippen LogP contribution in [0.4, 0.5) is 5.13 Å². The number of hydrogen-bond donors (Lipinski definition) is 2. The number of carbonyl (C=O) groups excluding carboxylic acids is 1. The normalized spacial score (nSPS) is 10.4. The molecule has 2 aromatic rings. The van der Waals surface area contributed by atoms with Crippen molar-refractivity contribution in [1.29, 1.82) is 0 Å². The third-order valence-corrected chi connectivity index (χ3v) is 3.19. The number of aromatic nitrogens is 2. The van der Waals surface area contributed by atoms with E-state index in [-0.39, 0.29) is 5.91 Å². The summed E-state index contributed by atoms with van der Waals surface area (Å²) in [5.41, 5.74) is 2.55. The Labute approximate surface area is 116 Å². The van der Waals surface area contributed by atoms with Gasteiger partial charge in [-0.25, -0.2) is 4.98 Å². The van der Waals surface area contributed by atoms with E-state index in [1.165, 1.54) is 11.3 Å². The predicted molar refractivity (Wildman–Crippen MR) is 77.3 cm³/mol. The third-order valence-electron chi connectivity index (χ3n) is 2.44. The van der Waals surface area contributed by atoms with Crippen LogP contribution >= 0.6 is 11.3 Å². The van der Waals surface area contributed by atoms with Gasteiger partial charge in [0.05, 0.1) is 12.2 Å². The number of hydrogen-bond acceptors (Lipinski definition) is 5. The predicted octanol–water partition coefficient (Wildman–Crippen LogP) is 2.06. The fourth-order valence-electron chi connectivity index (χ4n) is 1.54. The first-order chi connectivity index (χ1) is 9.19. The molecule has 0 aliphatic carbocycles. The molecule has 0 saturated heterocycles. The zero-order valence-electron chi connectivity index (χ0n) is 10.9. The molecule has 0 radical (unpaired) electrons. The molecule has 0 bridgehead atoms. The maximum absolute atomic E-state index is 11.5. The van der Waals surface area contributed by atoms with Gasteiger partial charge in [-0.3, -0.25) is 9.78 Å². The van der Waals surface area contributed by atoms with Crippen LogP contribution < -0.4 is 10.6 Å². The van der Waals surface area contributed by atoms with E-state index in [1.807, 2.05) is 37.4 Å². The van der Waals surface area contributed by atoms with Crippen molar-refractivity contribution >= 4 is 22.4 Å². The van der Waals surface area contributed by atoms with Crippen LogP contribution in [0.5, 0.6) is 0 Å². The van der Waals surface area contributed by atoms with Gasteiger partial charge in [0.25, 0.3) is 0 Å². The van der Waals surface area contributed by atoms with Crippen molar-refractivity contribution in [3.63, 3.8) is 0 Å². The Balaban J connectivity index is 2.05. The topological polar surface area (TPSA) is 66.9 Å². The van der Waals surface area contributed by atoms with Gasteiger partial charge in [-0.05, 0) is 25.6 Å². The maximum atomic E-state index is 11.5. The first-order valence-electron chi connectivity index (χ1n) is 6.09. The molecule has 2 N–H and O–H groups in total. The number of aryl methyl sites for hydroxylation is 1. The van der Waals surface area contributed by atoms with E-state index in [0.717, 1.165) is 23.6 Å². The second-order valence-corrected chi connectivity index (χ2v) is 4.89. The summed E-state index contributed by atoms with van der Waals surface area (Å²) in [5.74, 6) is -0.0834. The largest absolute Gasteiger partial charge is 0.309 e. The molecule has 100 valence electrons. The number of nitrogens with zero attached hydrogens (tertiary/aromatic N) is 2. The smallest absolute Gasteiger partial charge is 0.240 e. The second kappa shape index (κ2) is 6.40. The average molecular weight is 276 g/mol. The van der Waals surface area contributed by atoms with Gasteiger partial charge in [0.2, 0.25) is 5.91 Å². The lowest BCUT2D eigenvalue weighted by Gasteiger charge is -2.01. The molecule has 0 aliphatic rings. The van der Waals surface area contributed by atoms with E-state index in [9.17, 15) is 4.79 Å². The van der Waals surface area contributed by atoms with Crippen molar-refractivity contribution in [3.05, 3.63) is 29.3 Å². The number of likely N-dealkylation sites (N-methyl/N-ethyl adjacent to an activating group) is 1. The minimum atomic E-state index is -0.0834. The van der Waals surface area contributed by atoms with Gasteiger partial charge in [0.15, 0.2) is 5.13 Å². The standard InChI is InChI=1S/C13H16N4OS/c1-3-14-7-12(18)17-13-16-11(8-19-13)10-6-4-5-9(2)15-10/h4-6,8,14H,3,7H2,1-2H3,(H,16,17,18). The summed E-state index contributed by atoms with van der Waals surface area (Å²) in [6.07, 6.45) is 0. The molecule has 0 unspecified atom stereocenters. The van der Waals surface area contributed by atoms with Gasteiger partial charge in [0, 0.05) is 11.1 Å². The van der Waals surface area contributed by atoms with Crippen molar-refractivity contribution < 1.29 is 4.79 Å². The molecule has 6 heteroatoms. The van der Waals surface area contributed by atoms with Crippen LogP contribution in [0.25, 0.3) is 11.4 Å². The van der Waals surface area contributed by atoms with Crippen molar-refractivity contribution in [3.8, 4) is 11.4 Å². The lowest BCUT2D eigenvalue weighted by Crippen LogP contribution is -2.27. The van der Waals surface area contributed by atoms with Gasteiger partial charge in [-0.2, -0.15) is 0 Å². The Morgan fingerprint density at radius 3 is 2.89 bits per heavy atom. The Morgan fingerprint density at radius 1 is 1.32 bits per heavy atom. The molecule has 2 aromatic heterocycles. The van der Waals surface area contributed by atoms with E-state index in [4.69, 9.17) is 0 Å². The van der Waals surface area contributed by atoms with Crippen LogP contribution in [0.15, 0.2) is 23.6 Å². The Kier molecular flexibility index (Phi) is 4.59. The zero-order chi connectivity index (χ0) is 13.7. The molecular weight excluding hydrogens is 260 g/mol. The fourth-order valence-corrected chi connectivity index (χ4v) is 2.26. The molecule has 0 saturated carbocycles. The van der Waals surface area contributed by atoms with Gasteiger partial charge < -0.3 is 10.6 Å². The summed E-state index contributed by atoms with van der Waals surface area (Å²) in [5, 5.41) is 8.22. The number of carbonyl (C=O) groups is 1. The average Bonchev–Trinajstić information content (AvgIpc) is 2.85. The van der Waals surface area contributed by atoms with E-state index in [1.54, 1.807) is 0 Å². The van der Waals surface area contributed by atoms with Crippen molar-refractivity contribution in [2.75, 3.05) is 18.4 Å². The summed E-state index contributed by atoms with van der Waals surface area (Å²) in [4.78, 5) is 20.3. The maximum Gasteiger partial charge on any atom is 0.240 e. The molecule has 2 heterocycles. The Bertz CT molecular complexity index is 567. The minimum Gasteiger partial charge on any atom is -0.309 e. The number of anilines is 1. The monoisotopic (exact) mass is 276 g/mol. The van der Waals surface area contributed by atoms with Crippen LogP contribution in [0.2, 0.25) is 0 Å². The second-order valence-electron chi connectivity index (χ2n) is 4.03. The molecular formula is C13H16N4OS. The first-order valence-corrected chi connectivity index (χ1v) is 6.97. The van der Waals surface area contributed by atoms with Crippen LogP contribution in [0.3, 0.4) is 0 Å². The molecule has 5 nitrogen and oxygen atoms in total. The van der Waals surface area contributed by atoms with Crippen LogP contribution in [-0.4, -0.2) is 29.0 Å². The highest BCUT2D eigenvalue weighted by atomic mass is 32.1. The number of thiazole rings is 1. The van der Waals surface area contributed by atoms with Crippen LogP contribution in [0.1, 0.15) is 12.6 Å². The molecule has 19 heavy (non-hydrogen) atoms. The van der Waals surface area contributed by atoms with Gasteiger partial charge in [-0.15, -0.1) is 11.3 Å². The first kappa shape index (κ1) is 13.6. The SMILES string of the molecule is CCNCC(=O)Nc1nc(-c2cccc(C)n2)cs1. The summed E-state index contributed by atoms with van der Waals surface area (Å²) in [7, 11) is 0. The summed E-state index contributed by atoms with van der Waals surface area (Å²) in [6, 6.07) is 5.79. The summed E-state index contributed by atoms with van der Waals surface area (Å²) < 4.78 is 0. The number of nitrogens with one attached hydrogen (secondary N) is 2. The Hall–Kier alpha value is -1.79. The van der Waals surface area contributed by atoms with Gasteiger partial charge >= 0.3 is 0 Å². The Morgan fingerprint density at radius 2 is 2.16 bits per heavy atom. The van der Waals surface area contributed by atoms with Crippen molar-refractivity contribution in [2.45, 2.75) is 13.8 Å². The van der Waals surface area contributed by atoms with Crippen molar-refractivity contribution in [2.24, 2.45) is 0 Å². The minimum absolute atomic E-state index is 0.0834. The lowest BCUT2D eigenvalue weighted by atomic mass is 10.3. The number of pyridine rings is 1. The number of amides is 1. The summed E-state index contributed by atoms with van der Waals surface area (Å²) in [6.45, 7) is 4.96. The van der Waals surface area contributed by atoms with Crippen LogP contribution in [-0.2, 0) is 4.79 Å². The van der Waals surface area contributed by atoms with E-state index in [0.29, 0.717) is 11.7 Å². The zero-order valence-corrected chi connectivity index (χ0v) is 11.8. The third kappa shape index (κ3) is 3.84. The van der Waals surface area contributed by atoms with Gasteiger partial charge in [0.1, 0.15) is 5.69 Å². The molecule has 0 aliphatic heterocycles. The quantitative estimate of drug-likeness (QED) is 0.877. The molecule has 0 atom stereocenters. The number of rotatable bonds is 5. The van der Waals surface area contributed by atoms with Crippen molar-refractivity contribution in [1.82, 2.24) is 15.3 Å². The summed E-state index contributed by atoms with van der Waals surface area (Å²) >= 11 is 1.40. The fraction of sp³-hybridized carbons (Fsp3) is 0.308. The van der Waals surface area contributed by atoms with E-state index in [2.05, 4.69) is 20.6 Å². The van der Waals surface area contributed by atoms with Crippen LogP contribution in [0, 0.1) is 6.92 Å². The highest BCUT2D eigenvalue weighted by Crippen LogP contribution is 2.23. The van der Waals surface area contributed by atoms with E-state index < -0.39 is 0 Å². The highest BCUT2D eigenvalue weighted by molar-refractivity contribution is 7.14. The molecule has 2 rings (SSSR count). The lowest BCUT2D eigenvalue weighted by molar-refractivity contribution is -0.115. The molecule has 0 spiro atoms. The molecule has 1 amide bonds. The highest BCUT2D eigenvalue weighted by Gasteiger charge is 2.08. The van der Waals surface area contributed by atoms with Gasteiger partial charge in [-0.1, -0.05) is 13.0 Å². The van der Waals surface area contributed by atoms with E-state index >= 15 is 0 Å². The molecule has 0 aromatic carbocycles. The molecule has 0 fully saturated rings.